The second kappa shape index (κ2) is 9.01. The summed E-state index contributed by atoms with van der Waals surface area (Å²) in [6, 6.07) is 17.5. The van der Waals surface area contributed by atoms with Gasteiger partial charge >= 0.3 is 5.97 Å². The molecule has 27 heavy (non-hydrogen) atoms. The molecular weight excluding hydrogens is 380 g/mol. The molecule has 0 aliphatic heterocycles. The first kappa shape index (κ1) is 19.4. The van der Waals surface area contributed by atoms with E-state index in [0.29, 0.717) is 6.54 Å². The van der Waals surface area contributed by atoms with Crippen molar-refractivity contribution in [2.45, 2.75) is 23.6 Å². The molecule has 0 radical (unpaired) electrons. The van der Waals surface area contributed by atoms with E-state index in [4.69, 9.17) is 4.74 Å². The summed E-state index contributed by atoms with van der Waals surface area (Å²) in [5.74, 6) is -0.648. The molecule has 7 heteroatoms. The van der Waals surface area contributed by atoms with Crippen LogP contribution >= 0.6 is 23.1 Å². The Kier molecular flexibility index (Phi) is 6.47. The highest BCUT2D eigenvalue weighted by Crippen LogP contribution is 2.24. The Hall–Kier alpha value is -2.38. The largest absolute Gasteiger partial charge is 0.455 e. The summed E-state index contributed by atoms with van der Waals surface area (Å²) < 4.78 is 6.28. The monoisotopic (exact) mass is 400 g/mol. The van der Waals surface area contributed by atoms with E-state index in [0.717, 1.165) is 20.1 Å². The van der Waals surface area contributed by atoms with E-state index in [2.05, 4.69) is 4.98 Å². The SMILES string of the molecule is C[C@H](Sc1ccccc1)C(=O)OCC(=O)N(C)Cc1nc2ccccc2s1. The number of aromatic nitrogens is 1. The molecule has 0 saturated carbocycles. The number of carbonyl (C=O) groups excluding carboxylic acids is 2. The van der Waals surface area contributed by atoms with Gasteiger partial charge in [-0.1, -0.05) is 30.3 Å². The molecule has 5 nitrogen and oxygen atoms in total. The lowest BCUT2D eigenvalue weighted by Gasteiger charge is -2.16. The third-order valence-electron chi connectivity index (χ3n) is 3.86. The maximum absolute atomic E-state index is 12.3. The average Bonchev–Trinajstić information content (AvgIpc) is 3.08. The van der Waals surface area contributed by atoms with Crippen LogP contribution in [-0.2, 0) is 20.9 Å². The predicted octanol–water partition coefficient (Wildman–Crippen LogP) is 3.98. The van der Waals surface area contributed by atoms with Gasteiger partial charge < -0.3 is 9.64 Å². The predicted molar refractivity (Wildman–Crippen MR) is 109 cm³/mol. The van der Waals surface area contributed by atoms with Crippen molar-refractivity contribution in [1.29, 1.82) is 0 Å². The quantitative estimate of drug-likeness (QED) is 0.443. The molecule has 1 aromatic heterocycles. The molecule has 1 amide bonds. The van der Waals surface area contributed by atoms with Crippen LogP contribution in [0.15, 0.2) is 59.5 Å². The van der Waals surface area contributed by atoms with E-state index >= 15 is 0 Å². The van der Waals surface area contributed by atoms with Crippen molar-refractivity contribution in [3.05, 3.63) is 59.6 Å². The molecule has 1 heterocycles. The molecule has 0 unspecified atom stereocenters. The number of hydrogen-bond acceptors (Lipinski definition) is 6. The van der Waals surface area contributed by atoms with Crippen LogP contribution in [0.25, 0.3) is 10.2 Å². The minimum absolute atomic E-state index is 0.250. The number of para-hydroxylation sites is 1. The number of nitrogens with zero attached hydrogens (tertiary/aromatic N) is 2. The van der Waals surface area contributed by atoms with Crippen molar-refractivity contribution in [3.8, 4) is 0 Å². The molecule has 0 saturated heterocycles. The number of hydrogen-bond donors (Lipinski definition) is 0. The van der Waals surface area contributed by atoms with Crippen molar-refractivity contribution in [2.24, 2.45) is 0 Å². The lowest BCUT2D eigenvalue weighted by atomic mass is 10.3. The van der Waals surface area contributed by atoms with Gasteiger partial charge in [-0.2, -0.15) is 0 Å². The lowest BCUT2D eigenvalue weighted by molar-refractivity contribution is -0.151. The Labute approximate surface area is 166 Å². The van der Waals surface area contributed by atoms with E-state index in [1.54, 1.807) is 25.3 Å². The van der Waals surface area contributed by atoms with Crippen LogP contribution in [-0.4, -0.2) is 40.7 Å². The Bertz CT molecular complexity index is 894. The number of esters is 1. The molecule has 0 fully saturated rings. The molecule has 140 valence electrons. The number of carbonyl (C=O) groups is 2. The van der Waals surface area contributed by atoms with Gasteiger partial charge in [-0.15, -0.1) is 23.1 Å². The molecule has 1 atom stereocenters. The Morgan fingerprint density at radius 2 is 1.85 bits per heavy atom. The van der Waals surface area contributed by atoms with Crippen LogP contribution < -0.4 is 0 Å². The summed E-state index contributed by atoms with van der Waals surface area (Å²) in [5.41, 5.74) is 0.927. The van der Waals surface area contributed by atoms with Crippen LogP contribution in [0.3, 0.4) is 0 Å². The number of ether oxygens (including phenoxy) is 1. The normalized spacial score (nSPS) is 11.9. The number of likely N-dealkylation sites (N-methyl/N-ethyl adjacent to an activating group) is 1. The van der Waals surface area contributed by atoms with Crippen LogP contribution in [0, 0.1) is 0 Å². The van der Waals surface area contributed by atoms with Gasteiger partial charge in [0, 0.05) is 11.9 Å². The van der Waals surface area contributed by atoms with Gasteiger partial charge in [-0.05, 0) is 31.2 Å². The molecule has 0 spiro atoms. The van der Waals surface area contributed by atoms with Crippen LogP contribution in [0.5, 0.6) is 0 Å². The van der Waals surface area contributed by atoms with Crippen LogP contribution in [0.2, 0.25) is 0 Å². The van der Waals surface area contributed by atoms with Gasteiger partial charge in [-0.25, -0.2) is 4.98 Å². The van der Waals surface area contributed by atoms with Gasteiger partial charge in [0.15, 0.2) is 6.61 Å². The number of rotatable bonds is 7. The van der Waals surface area contributed by atoms with Crippen molar-refractivity contribution in [1.82, 2.24) is 9.88 Å². The molecule has 0 aliphatic rings. The summed E-state index contributed by atoms with van der Waals surface area (Å²) in [6.07, 6.45) is 0. The van der Waals surface area contributed by atoms with Crippen molar-refractivity contribution in [3.63, 3.8) is 0 Å². The Morgan fingerprint density at radius 3 is 2.59 bits per heavy atom. The zero-order chi connectivity index (χ0) is 19.2. The first-order valence-corrected chi connectivity index (χ1v) is 10.2. The molecule has 0 N–H and O–H groups in total. The summed E-state index contributed by atoms with van der Waals surface area (Å²) in [4.78, 5) is 31.4. The molecule has 2 aromatic carbocycles. The van der Waals surface area contributed by atoms with E-state index in [1.165, 1.54) is 16.7 Å². The summed E-state index contributed by atoms with van der Waals surface area (Å²) >= 11 is 2.97. The third-order valence-corrected chi connectivity index (χ3v) is 5.97. The molecule has 3 aromatic rings. The van der Waals surface area contributed by atoms with Crippen molar-refractivity contribution < 1.29 is 14.3 Å². The number of benzene rings is 2. The number of thiazole rings is 1. The van der Waals surface area contributed by atoms with Crippen LogP contribution in [0.1, 0.15) is 11.9 Å². The first-order valence-electron chi connectivity index (χ1n) is 8.49. The van der Waals surface area contributed by atoms with Gasteiger partial charge in [0.25, 0.3) is 5.91 Å². The zero-order valence-electron chi connectivity index (χ0n) is 15.1. The number of amides is 1. The fourth-order valence-corrected chi connectivity index (χ4v) is 4.30. The van der Waals surface area contributed by atoms with E-state index in [9.17, 15) is 9.59 Å². The summed E-state index contributed by atoms with van der Waals surface area (Å²) in [6.45, 7) is 1.90. The standard InChI is InChI=1S/C20H20N2O3S2/c1-14(26-15-8-4-3-5-9-15)20(24)25-13-19(23)22(2)12-18-21-16-10-6-7-11-17(16)27-18/h3-11,14H,12-13H2,1-2H3/t14-/m0/s1. The zero-order valence-corrected chi connectivity index (χ0v) is 16.8. The highest BCUT2D eigenvalue weighted by Gasteiger charge is 2.19. The number of fused-ring (bicyclic) bond motifs is 1. The van der Waals surface area contributed by atoms with Crippen molar-refractivity contribution in [2.75, 3.05) is 13.7 Å². The smallest absolute Gasteiger partial charge is 0.319 e. The van der Waals surface area contributed by atoms with E-state index in [-0.39, 0.29) is 17.8 Å². The second-order valence-corrected chi connectivity index (χ2v) is 8.54. The lowest BCUT2D eigenvalue weighted by Crippen LogP contribution is -2.32. The fourth-order valence-electron chi connectivity index (χ4n) is 2.39. The fraction of sp³-hybridized carbons (Fsp3) is 0.250. The minimum Gasteiger partial charge on any atom is -0.455 e. The molecular formula is C20H20N2O3S2. The molecule has 0 bridgehead atoms. The van der Waals surface area contributed by atoms with Gasteiger partial charge in [0.2, 0.25) is 0 Å². The van der Waals surface area contributed by atoms with E-state index < -0.39 is 5.97 Å². The molecule has 0 aliphatic carbocycles. The van der Waals surface area contributed by atoms with Crippen LogP contribution in [0.4, 0.5) is 0 Å². The Balaban J connectivity index is 1.48. The van der Waals surface area contributed by atoms with E-state index in [1.807, 2.05) is 54.6 Å². The third kappa shape index (κ3) is 5.30. The molecule has 3 rings (SSSR count). The number of thioether (sulfide) groups is 1. The highest BCUT2D eigenvalue weighted by molar-refractivity contribution is 8.00. The maximum atomic E-state index is 12.3. The summed E-state index contributed by atoms with van der Waals surface area (Å²) in [7, 11) is 1.68. The maximum Gasteiger partial charge on any atom is 0.319 e. The first-order chi connectivity index (χ1) is 13.0. The topological polar surface area (TPSA) is 59.5 Å². The van der Waals surface area contributed by atoms with Gasteiger partial charge in [0.1, 0.15) is 10.3 Å². The average molecular weight is 401 g/mol. The van der Waals surface area contributed by atoms with Gasteiger partial charge in [0.05, 0.1) is 16.8 Å². The summed E-state index contributed by atoms with van der Waals surface area (Å²) in [5, 5.41) is 0.473. The van der Waals surface area contributed by atoms with Gasteiger partial charge in [-0.3, -0.25) is 9.59 Å². The highest BCUT2D eigenvalue weighted by atomic mass is 32.2. The van der Waals surface area contributed by atoms with Crippen molar-refractivity contribution >= 4 is 45.2 Å². The second-order valence-electron chi connectivity index (χ2n) is 6.01. The Morgan fingerprint density at radius 1 is 1.15 bits per heavy atom. The minimum atomic E-state index is -0.398.